The van der Waals surface area contributed by atoms with Crippen molar-refractivity contribution in [2.24, 2.45) is 0 Å². The number of rotatable bonds is 3. The fraction of sp³-hybridized carbons (Fsp3) is 0.533. The summed E-state index contributed by atoms with van der Waals surface area (Å²) in [4.78, 5) is 12.2. The maximum Gasteiger partial charge on any atom is 0.252 e. The summed E-state index contributed by atoms with van der Waals surface area (Å²) in [7, 11) is 0. The normalized spacial score (nSPS) is 18.4. The van der Waals surface area contributed by atoms with Crippen LogP contribution in [0, 0.1) is 0 Å². The Morgan fingerprint density at radius 2 is 1.95 bits per heavy atom. The molecule has 1 aromatic rings. The third-order valence-electron chi connectivity index (χ3n) is 3.79. The van der Waals surface area contributed by atoms with Crippen molar-refractivity contribution in [2.45, 2.75) is 44.1 Å². The number of hydrogen-bond donors (Lipinski definition) is 2. The molecular weight excluding hydrogens is 342 g/mol. The molecule has 0 unspecified atom stereocenters. The smallest absolute Gasteiger partial charge is 0.252 e. The number of benzene rings is 1. The summed E-state index contributed by atoms with van der Waals surface area (Å²) in [6.07, 6.45) is 5.90. The first-order valence-corrected chi connectivity index (χ1v) is 8.13. The van der Waals surface area contributed by atoms with E-state index < -0.39 is 5.60 Å². The second kappa shape index (κ2) is 6.92. The van der Waals surface area contributed by atoms with Gasteiger partial charge in [-0.3, -0.25) is 4.79 Å². The molecule has 1 aliphatic rings. The van der Waals surface area contributed by atoms with Crippen molar-refractivity contribution >= 4 is 33.4 Å². The molecule has 1 aromatic carbocycles. The lowest BCUT2D eigenvalue weighted by atomic mass is 9.94. The van der Waals surface area contributed by atoms with Crippen LogP contribution in [0.25, 0.3) is 0 Å². The molecule has 0 atom stereocenters. The van der Waals surface area contributed by atoms with Gasteiger partial charge in [0, 0.05) is 16.0 Å². The average molecular weight is 361 g/mol. The SMILES string of the molecule is O=C(NCC1(O)CCCCCC1)c1ccc(Cl)cc1Br. The highest BCUT2D eigenvalue weighted by Crippen LogP contribution is 2.27. The van der Waals surface area contributed by atoms with Gasteiger partial charge in [-0.2, -0.15) is 0 Å². The van der Waals surface area contributed by atoms with Crippen molar-refractivity contribution < 1.29 is 9.90 Å². The van der Waals surface area contributed by atoms with Gasteiger partial charge in [-0.1, -0.05) is 37.3 Å². The molecule has 0 aliphatic heterocycles. The number of aliphatic hydroxyl groups is 1. The second-order valence-corrected chi connectivity index (χ2v) is 6.74. The molecular formula is C15H19BrClNO2. The Kier molecular flexibility index (Phi) is 5.47. The molecule has 1 fully saturated rings. The van der Waals surface area contributed by atoms with E-state index in [1.165, 1.54) is 12.8 Å². The lowest BCUT2D eigenvalue weighted by molar-refractivity contribution is 0.0246. The minimum Gasteiger partial charge on any atom is -0.388 e. The van der Waals surface area contributed by atoms with Crippen LogP contribution in [-0.2, 0) is 0 Å². The lowest BCUT2D eigenvalue weighted by Gasteiger charge is -2.26. The zero-order valence-corrected chi connectivity index (χ0v) is 13.6. The lowest BCUT2D eigenvalue weighted by Crippen LogP contribution is -2.42. The molecule has 0 aromatic heterocycles. The standard InChI is InChI=1S/C15H19BrClNO2/c16-13-9-11(17)5-6-12(13)14(19)18-10-15(20)7-3-1-2-4-8-15/h5-6,9,20H,1-4,7-8,10H2,(H,18,19). The highest BCUT2D eigenvalue weighted by atomic mass is 79.9. The monoisotopic (exact) mass is 359 g/mol. The van der Waals surface area contributed by atoms with Gasteiger partial charge in [0.2, 0.25) is 0 Å². The van der Waals surface area contributed by atoms with Crippen molar-refractivity contribution in [3.63, 3.8) is 0 Å². The fourth-order valence-corrected chi connectivity index (χ4v) is 3.44. The van der Waals surface area contributed by atoms with Crippen molar-refractivity contribution in [2.75, 3.05) is 6.54 Å². The van der Waals surface area contributed by atoms with Crippen LogP contribution in [-0.4, -0.2) is 23.2 Å². The number of carbonyl (C=O) groups excluding carboxylic acids is 1. The van der Waals surface area contributed by atoms with Crippen molar-refractivity contribution in [1.82, 2.24) is 5.32 Å². The number of nitrogens with one attached hydrogen (secondary N) is 1. The molecule has 20 heavy (non-hydrogen) atoms. The van der Waals surface area contributed by atoms with E-state index in [0.29, 0.717) is 21.6 Å². The van der Waals surface area contributed by atoms with E-state index in [2.05, 4.69) is 21.2 Å². The highest BCUT2D eigenvalue weighted by molar-refractivity contribution is 9.10. The first kappa shape index (κ1) is 15.8. The van der Waals surface area contributed by atoms with Gasteiger partial charge in [0.15, 0.2) is 0 Å². The molecule has 5 heteroatoms. The van der Waals surface area contributed by atoms with E-state index in [1.54, 1.807) is 18.2 Å². The summed E-state index contributed by atoms with van der Waals surface area (Å²) in [6, 6.07) is 5.05. The molecule has 0 bridgehead atoms. The van der Waals surface area contributed by atoms with E-state index in [1.807, 2.05) is 0 Å². The predicted octanol–water partition coefficient (Wildman–Crippen LogP) is 3.92. The van der Waals surface area contributed by atoms with E-state index in [-0.39, 0.29) is 5.91 Å². The number of amides is 1. The van der Waals surface area contributed by atoms with Crippen LogP contribution in [0.4, 0.5) is 0 Å². The number of carbonyl (C=O) groups is 1. The van der Waals surface area contributed by atoms with Gasteiger partial charge in [0.05, 0.1) is 11.2 Å². The predicted molar refractivity (Wildman–Crippen MR) is 84.1 cm³/mol. The Bertz CT molecular complexity index is 485. The van der Waals surface area contributed by atoms with Crippen LogP contribution >= 0.6 is 27.5 Å². The van der Waals surface area contributed by atoms with Crippen molar-refractivity contribution in [1.29, 1.82) is 0 Å². The van der Waals surface area contributed by atoms with Gasteiger partial charge in [-0.25, -0.2) is 0 Å². The van der Waals surface area contributed by atoms with Crippen molar-refractivity contribution in [3.8, 4) is 0 Å². The second-order valence-electron chi connectivity index (χ2n) is 5.45. The van der Waals surface area contributed by atoms with Crippen LogP contribution in [0.15, 0.2) is 22.7 Å². The van der Waals surface area contributed by atoms with Crippen molar-refractivity contribution in [3.05, 3.63) is 33.3 Å². The molecule has 0 radical (unpaired) electrons. The summed E-state index contributed by atoms with van der Waals surface area (Å²) >= 11 is 9.19. The summed E-state index contributed by atoms with van der Waals surface area (Å²) in [6.45, 7) is 0.306. The minimum atomic E-state index is -0.759. The summed E-state index contributed by atoms with van der Waals surface area (Å²) in [5.41, 5.74) is -0.225. The van der Waals surface area contributed by atoms with Gasteiger partial charge >= 0.3 is 0 Å². The van der Waals surface area contributed by atoms with Gasteiger partial charge in [-0.05, 0) is 47.0 Å². The molecule has 3 nitrogen and oxygen atoms in total. The van der Waals surface area contributed by atoms with E-state index >= 15 is 0 Å². The van der Waals surface area contributed by atoms with Crippen LogP contribution in [0.2, 0.25) is 5.02 Å². The third-order valence-corrected chi connectivity index (χ3v) is 4.68. The number of hydrogen-bond acceptors (Lipinski definition) is 2. The van der Waals surface area contributed by atoms with E-state index in [9.17, 15) is 9.90 Å². The quantitative estimate of drug-likeness (QED) is 0.803. The highest BCUT2D eigenvalue weighted by Gasteiger charge is 2.28. The fourth-order valence-electron chi connectivity index (χ4n) is 2.58. The summed E-state index contributed by atoms with van der Waals surface area (Å²) in [5.74, 6) is -0.189. The Labute approximate surface area is 132 Å². The molecule has 1 amide bonds. The zero-order chi connectivity index (χ0) is 14.6. The van der Waals surface area contributed by atoms with E-state index in [4.69, 9.17) is 11.6 Å². The number of halogens is 2. The van der Waals surface area contributed by atoms with Gasteiger partial charge in [0.1, 0.15) is 0 Å². The molecule has 0 heterocycles. The molecule has 0 saturated heterocycles. The topological polar surface area (TPSA) is 49.3 Å². The first-order valence-electron chi connectivity index (χ1n) is 6.96. The molecule has 1 aliphatic carbocycles. The van der Waals surface area contributed by atoms with Crippen LogP contribution < -0.4 is 5.32 Å². The molecule has 1 saturated carbocycles. The van der Waals surface area contributed by atoms with Crippen LogP contribution in [0.5, 0.6) is 0 Å². The Hall–Kier alpha value is -0.580. The summed E-state index contributed by atoms with van der Waals surface area (Å²) < 4.78 is 0.662. The van der Waals surface area contributed by atoms with E-state index in [0.717, 1.165) is 25.7 Å². The maximum absolute atomic E-state index is 12.2. The molecule has 2 rings (SSSR count). The third kappa shape index (κ3) is 4.21. The van der Waals surface area contributed by atoms with Gasteiger partial charge in [-0.15, -0.1) is 0 Å². The van der Waals surface area contributed by atoms with Gasteiger partial charge < -0.3 is 10.4 Å². The average Bonchev–Trinajstić information content (AvgIpc) is 2.61. The Morgan fingerprint density at radius 1 is 1.30 bits per heavy atom. The Morgan fingerprint density at radius 3 is 2.55 bits per heavy atom. The zero-order valence-electron chi connectivity index (χ0n) is 11.3. The largest absolute Gasteiger partial charge is 0.388 e. The molecule has 2 N–H and O–H groups in total. The van der Waals surface area contributed by atoms with Crippen LogP contribution in [0.3, 0.4) is 0 Å². The van der Waals surface area contributed by atoms with Gasteiger partial charge in [0.25, 0.3) is 5.91 Å². The minimum absolute atomic E-state index is 0.189. The summed E-state index contributed by atoms with van der Waals surface area (Å²) in [5, 5.41) is 13.9. The molecule has 0 spiro atoms. The van der Waals surface area contributed by atoms with Crippen LogP contribution in [0.1, 0.15) is 48.9 Å². The first-order chi connectivity index (χ1) is 9.50. The Balaban J connectivity index is 1.97. The maximum atomic E-state index is 12.2. The molecule has 110 valence electrons.